The Morgan fingerprint density at radius 3 is 2.39 bits per heavy atom. The minimum atomic E-state index is 1.04. The van der Waals surface area contributed by atoms with Crippen LogP contribution in [-0.4, -0.2) is 4.98 Å². The van der Waals surface area contributed by atoms with E-state index in [9.17, 15) is 0 Å². The number of rotatable bonds is 1. The molecule has 4 aromatic rings. The van der Waals surface area contributed by atoms with Gasteiger partial charge < -0.3 is 0 Å². The van der Waals surface area contributed by atoms with E-state index < -0.39 is 0 Å². The van der Waals surface area contributed by atoms with Gasteiger partial charge in [-0.05, 0) is 52.9 Å². The van der Waals surface area contributed by atoms with Crippen LogP contribution in [0.25, 0.3) is 32.9 Å². The highest BCUT2D eigenvalue weighted by Gasteiger charge is 2.17. The molecule has 3 aromatic carbocycles. The summed E-state index contributed by atoms with van der Waals surface area (Å²) < 4.78 is 2.12. The molecule has 4 rings (SSSR count). The smallest absolute Gasteiger partial charge is 0.232 e. The minimum absolute atomic E-state index is 1.04. The van der Waals surface area contributed by atoms with Crippen LogP contribution in [0.2, 0.25) is 0 Å². The lowest BCUT2D eigenvalue weighted by Gasteiger charge is -2.11. The molecule has 0 radical (unpaired) electrons. The Balaban J connectivity index is 2.14. The highest BCUT2D eigenvalue weighted by Crippen LogP contribution is 2.30. The summed E-state index contributed by atoms with van der Waals surface area (Å²) in [5.74, 6) is 0. The van der Waals surface area contributed by atoms with Gasteiger partial charge in [0, 0.05) is 5.56 Å². The van der Waals surface area contributed by atoms with Crippen molar-refractivity contribution in [2.75, 3.05) is 0 Å². The molecular weight excluding hydrogens is 280 g/mol. The average molecular weight is 299 g/mol. The monoisotopic (exact) mass is 299 g/mol. The third-order valence-electron chi connectivity index (χ3n) is 4.70. The van der Waals surface area contributed by atoms with E-state index >= 15 is 0 Å². The zero-order valence-electron chi connectivity index (χ0n) is 13.7. The van der Waals surface area contributed by atoms with E-state index in [1.807, 2.05) is 6.33 Å². The summed E-state index contributed by atoms with van der Waals surface area (Å²) >= 11 is 0. The standard InChI is InChI=1S/C21H19N2/c1-14-7-6-10-18(15(14)2)21-19-11-16-8-4-5-9-17(16)12-20(19)22-13-23(21)3/h4-13H,1-3H3/q+1. The third-order valence-corrected chi connectivity index (χ3v) is 4.70. The Hall–Kier alpha value is -2.74. The molecule has 0 atom stereocenters. The molecule has 1 heterocycles. The predicted octanol–water partition coefficient (Wildman–Crippen LogP) is 4.50. The highest BCUT2D eigenvalue weighted by atomic mass is 15.0. The molecule has 0 aliphatic heterocycles. The fourth-order valence-electron chi connectivity index (χ4n) is 3.26. The third kappa shape index (κ3) is 2.18. The fourth-order valence-corrected chi connectivity index (χ4v) is 3.26. The predicted molar refractivity (Wildman–Crippen MR) is 95.3 cm³/mol. The van der Waals surface area contributed by atoms with E-state index in [0.717, 1.165) is 5.52 Å². The molecule has 0 bridgehead atoms. The first-order chi connectivity index (χ1) is 11.1. The van der Waals surface area contributed by atoms with Gasteiger partial charge in [0.05, 0.1) is 12.4 Å². The van der Waals surface area contributed by atoms with Crippen LogP contribution >= 0.6 is 0 Å². The average Bonchev–Trinajstić information content (AvgIpc) is 2.56. The SMILES string of the molecule is Cc1cccc(-c2c3cc4ccccc4cc3nc[n+]2C)c1C. The fraction of sp³-hybridized carbons (Fsp3) is 0.143. The molecule has 0 N–H and O–H groups in total. The molecule has 2 nitrogen and oxygen atoms in total. The van der Waals surface area contributed by atoms with Crippen LogP contribution in [0.15, 0.2) is 60.9 Å². The van der Waals surface area contributed by atoms with Crippen LogP contribution in [0.3, 0.4) is 0 Å². The summed E-state index contributed by atoms with van der Waals surface area (Å²) in [4.78, 5) is 4.63. The maximum Gasteiger partial charge on any atom is 0.287 e. The van der Waals surface area contributed by atoms with Gasteiger partial charge in [0.25, 0.3) is 6.33 Å². The van der Waals surface area contributed by atoms with Crippen LogP contribution in [0.1, 0.15) is 11.1 Å². The summed E-state index contributed by atoms with van der Waals surface area (Å²) in [6.07, 6.45) is 1.91. The van der Waals surface area contributed by atoms with Crippen molar-refractivity contribution in [2.45, 2.75) is 13.8 Å². The molecule has 0 unspecified atom stereocenters. The van der Waals surface area contributed by atoms with Crippen molar-refractivity contribution >= 4 is 21.7 Å². The van der Waals surface area contributed by atoms with E-state index in [2.05, 4.69) is 85.0 Å². The Labute approximate surface area is 136 Å². The lowest BCUT2D eigenvalue weighted by Crippen LogP contribution is -2.31. The summed E-state index contributed by atoms with van der Waals surface area (Å²) in [5, 5.41) is 3.68. The van der Waals surface area contributed by atoms with E-state index in [4.69, 9.17) is 0 Å². The van der Waals surface area contributed by atoms with Crippen molar-refractivity contribution in [1.82, 2.24) is 4.98 Å². The molecule has 23 heavy (non-hydrogen) atoms. The summed E-state index contributed by atoms with van der Waals surface area (Å²) in [6, 6.07) is 19.4. The normalized spacial score (nSPS) is 11.3. The van der Waals surface area contributed by atoms with Crippen molar-refractivity contribution < 1.29 is 4.57 Å². The molecule has 0 amide bonds. The van der Waals surface area contributed by atoms with Gasteiger partial charge in [-0.3, -0.25) is 0 Å². The van der Waals surface area contributed by atoms with Crippen LogP contribution < -0.4 is 4.57 Å². The summed E-state index contributed by atoms with van der Waals surface area (Å²) in [5.41, 5.74) is 6.17. The zero-order chi connectivity index (χ0) is 16.0. The maximum atomic E-state index is 4.63. The van der Waals surface area contributed by atoms with Crippen molar-refractivity contribution in [3.63, 3.8) is 0 Å². The van der Waals surface area contributed by atoms with Crippen molar-refractivity contribution in [1.29, 1.82) is 0 Å². The number of benzene rings is 3. The largest absolute Gasteiger partial charge is 0.287 e. The first-order valence-electron chi connectivity index (χ1n) is 7.89. The zero-order valence-corrected chi connectivity index (χ0v) is 13.7. The second-order valence-electron chi connectivity index (χ2n) is 6.17. The minimum Gasteiger partial charge on any atom is -0.232 e. The maximum absolute atomic E-state index is 4.63. The number of nitrogens with zero attached hydrogens (tertiary/aromatic N) is 2. The number of hydrogen-bond donors (Lipinski definition) is 0. The van der Waals surface area contributed by atoms with E-state index in [1.54, 1.807) is 0 Å². The Kier molecular flexibility index (Phi) is 3.12. The van der Waals surface area contributed by atoms with Crippen LogP contribution in [-0.2, 0) is 7.05 Å². The van der Waals surface area contributed by atoms with Crippen molar-refractivity contribution in [3.05, 3.63) is 72.1 Å². The van der Waals surface area contributed by atoms with E-state index in [1.165, 1.54) is 38.5 Å². The number of hydrogen-bond acceptors (Lipinski definition) is 1. The molecule has 1 aromatic heterocycles. The number of aryl methyl sites for hydroxylation is 2. The second kappa shape index (κ2) is 5.17. The summed E-state index contributed by atoms with van der Waals surface area (Å²) in [7, 11) is 2.07. The highest BCUT2D eigenvalue weighted by molar-refractivity contribution is 6.01. The van der Waals surface area contributed by atoms with Gasteiger partial charge in [-0.15, -0.1) is 0 Å². The first kappa shape index (κ1) is 13.9. The van der Waals surface area contributed by atoms with E-state index in [0.29, 0.717) is 0 Å². The van der Waals surface area contributed by atoms with Crippen LogP contribution in [0.5, 0.6) is 0 Å². The topological polar surface area (TPSA) is 16.8 Å². The molecule has 0 spiro atoms. The van der Waals surface area contributed by atoms with Gasteiger partial charge >= 0.3 is 0 Å². The van der Waals surface area contributed by atoms with Gasteiger partial charge in [-0.25, -0.2) is 4.57 Å². The molecule has 0 aliphatic rings. The number of aromatic nitrogens is 2. The molecule has 0 fully saturated rings. The van der Waals surface area contributed by atoms with Gasteiger partial charge in [0.15, 0.2) is 5.52 Å². The molecular formula is C21H19N2+. The van der Waals surface area contributed by atoms with Gasteiger partial charge in [-0.2, -0.15) is 0 Å². The molecule has 0 saturated heterocycles. The molecule has 112 valence electrons. The lowest BCUT2D eigenvalue weighted by molar-refractivity contribution is -0.662. The van der Waals surface area contributed by atoms with E-state index in [-0.39, 0.29) is 0 Å². The Morgan fingerprint density at radius 1 is 0.870 bits per heavy atom. The summed E-state index contributed by atoms with van der Waals surface area (Å²) in [6.45, 7) is 4.36. The van der Waals surface area contributed by atoms with Gasteiger partial charge in [0.2, 0.25) is 0 Å². The molecule has 2 heteroatoms. The van der Waals surface area contributed by atoms with Crippen molar-refractivity contribution in [2.24, 2.45) is 7.05 Å². The van der Waals surface area contributed by atoms with Gasteiger partial charge in [-0.1, -0.05) is 42.5 Å². The van der Waals surface area contributed by atoms with Crippen LogP contribution in [0.4, 0.5) is 0 Å². The number of fused-ring (bicyclic) bond motifs is 2. The molecule has 0 aliphatic carbocycles. The molecule has 0 saturated carbocycles. The van der Waals surface area contributed by atoms with Crippen molar-refractivity contribution in [3.8, 4) is 11.3 Å². The Morgan fingerprint density at radius 2 is 1.61 bits per heavy atom. The quantitative estimate of drug-likeness (QED) is 0.373. The first-order valence-corrected chi connectivity index (χ1v) is 7.89. The van der Waals surface area contributed by atoms with Gasteiger partial charge in [0.1, 0.15) is 5.69 Å². The Bertz CT molecular complexity index is 1050. The second-order valence-corrected chi connectivity index (χ2v) is 6.17. The van der Waals surface area contributed by atoms with Crippen LogP contribution in [0, 0.1) is 13.8 Å². The lowest BCUT2D eigenvalue weighted by atomic mass is 9.97.